The van der Waals surface area contributed by atoms with Crippen LogP contribution in [0.5, 0.6) is 5.88 Å². The summed E-state index contributed by atoms with van der Waals surface area (Å²) in [4.78, 5) is 8.07. The van der Waals surface area contributed by atoms with Gasteiger partial charge in [-0.3, -0.25) is 4.98 Å². The number of thiol groups is 1. The first-order valence-corrected chi connectivity index (χ1v) is 3.79. The van der Waals surface area contributed by atoms with Gasteiger partial charge >= 0.3 is 0 Å². The average Bonchev–Trinajstić information content (AvgIpc) is 2.05. The van der Waals surface area contributed by atoms with Crippen LogP contribution >= 0.6 is 12.6 Å². The fraction of sp³-hybridized carbons (Fsp3) is 0.429. The smallest absolute Gasteiger partial charge is 0.231 e. The minimum Gasteiger partial charge on any atom is -0.480 e. The molecule has 0 bridgehead atoms. The topological polar surface area (TPSA) is 35.0 Å². The zero-order valence-electron chi connectivity index (χ0n) is 6.48. The van der Waals surface area contributed by atoms with Crippen molar-refractivity contribution >= 4 is 12.6 Å². The standard InChI is InChI=1S/C7H10N2OS/c1-5(11)6-3-9-7(10-2)4-8-6/h3-5,11H,1-2H3. The molecule has 0 amide bonds. The molecule has 11 heavy (non-hydrogen) atoms. The molecule has 0 fully saturated rings. The Bertz CT molecular complexity index is 222. The molecule has 1 unspecified atom stereocenters. The van der Waals surface area contributed by atoms with Crippen molar-refractivity contribution in [3.05, 3.63) is 18.1 Å². The Balaban J connectivity index is 2.83. The summed E-state index contributed by atoms with van der Waals surface area (Å²) < 4.78 is 4.85. The number of rotatable bonds is 2. The molecule has 0 aliphatic carbocycles. The van der Waals surface area contributed by atoms with Gasteiger partial charge in [0.1, 0.15) is 0 Å². The largest absolute Gasteiger partial charge is 0.480 e. The highest BCUT2D eigenvalue weighted by Crippen LogP contribution is 2.15. The number of aromatic nitrogens is 2. The summed E-state index contributed by atoms with van der Waals surface area (Å²) in [6, 6.07) is 0. The van der Waals surface area contributed by atoms with Crippen molar-refractivity contribution in [2.24, 2.45) is 0 Å². The first-order chi connectivity index (χ1) is 5.24. The SMILES string of the molecule is COc1cnc(C(C)S)cn1. The molecule has 1 aromatic rings. The first kappa shape index (κ1) is 8.33. The van der Waals surface area contributed by atoms with Gasteiger partial charge in [-0.25, -0.2) is 4.98 Å². The molecular weight excluding hydrogens is 160 g/mol. The monoisotopic (exact) mass is 170 g/mol. The Labute approximate surface area is 71.2 Å². The zero-order valence-corrected chi connectivity index (χ0v) is 7.38. The predicted octanol–water partition coefficient (Wildman–Crippen LogP) is 1.48. The van der Waals surface area contributed by atoms with Crippen molar-refractivity contribution in [1.29, 1.82) is 0 Å². The van der Waals surface area contributed by atoms with E-state index in [1.165, 1.54) is 0 Å². The third-order valence-corrected chi connectivity index (χ3v) is 1.55. The molecule has 0 aliphatic rings. The van der Waals surface area contributed by atoms with Gasteiger partial charge < -0.3 is 4.74 Å². The maximum absolute atomic E-state index is 4.85. The highest BCUT2D eigenvalue weighted by atomic mass is 32.1. The van der Waals surface area contributed by atoms with Crippen LogP contribution in [0.3, 0.4) is 0 Å². The highest BCUT2D eigenvalue weighted by molar-refractivity contribution is 7.80. The molecule has 1 rings (SSSR count). The van der Waals surface area contributed by atoms with Gasteiger partial charge in [0.05, 0.1) is 25.2 Å². The fourth-order valence-corrected chi connectivity index (χ4v) is 0.781. The summed E-state index contributed by atoms with van der Waals surface area (Å²) in [5.74, 6) is 0.530. The van der Waals surface area contributed by atoms with Gasteiger partial charge in [-0.15, -0.1) is 0 Å². The summed E-state index contributed by atoms with van der Waals surface area (Å²) in [7, 11) is 1.56. The number of ether oxygens (including phenoxy) is 1. The second-order valence-electron chi connectivity index (χ2n) is 2.16. The Kier molecular flexibility index (Phi) is 2.70. The van der Waals surface area contributed by atoms with Crippen LogP contribution in [-0.4, -0.2) is 17.1 Å². The maximum atomic E-state index is 4.85. The van der Waals surface area contributed by atoms with Gasteiger partial charge in [-0.1, -0.05) is 0 Å². The van der Waals surface area contributed by atoms with E-state index in [4.69, 9.17) is 4.74 Å². The van der Waals surface area contributed by atoms with Gasteiger partial charge in [0.15, 0.2) is 0 Å². The van der Waals surface area contributed by atoms with E-state index in [1.807, 2.05) is 6.92 Å². The number of hydrogen-bond donors (Lipinski definition) is 1. The Morgan fingerprint density at radius 3 is 2.55 bits per heavy atom. The van der Waals surface area contributed by atoms with Crippen molar-refractivity contribution in [1.82, 2.24) is 9.97 Å². The van der Waals surface area contributed by atoms with Crippen molar-refractivity contribution in [2.75, 3.05) is 7.11 Å². The molecular formula is C7H10N2OS. The van der Waals surface area contributed by atoms with E-state index in [0.717, 1.165) is 5.69 Å². The molecule has 1 aromatic heterocycles. The molecule has 1 atom stereocenters. The van der Waals surface area contributed by atoms with Crippen LogP contribution in [0.1, 0.15) is 17.9 Å². The van der Waals surface area contributed by atoms with Crippen LogP contribution in [0.4, 0.5) is 0 Å². The lowest BCUT2D eigenvalue weighted by atomic mass is 10.3. The van der Waals surface area contributed by atoms with E-state index in [1.54, 1.807) is 19.5 Å². The van der Waals surface area contributed by atoms with E-state index in [2.05, 4.69) is 22.6 Å². The Morgan fingerprint density at radius 1 is 1.45 bits per heavy atom. The van der Waals surface area contributed by atoms with Gasteiger partial charge in [0.25, 0.3) is 0 Å². The molecule has 0 saturated heterocycles. The number of nitrogens with zero attached hydrogens (tertiary/aromatic N) is 2. The van der Waals surface area contributed by atoms with Crippen LogP contribution in [0.25, 0.3) is 0 Å². The lowest BCUT2D eigenvalue weighted by Gasteiger charge is -2.02. The maximum Gasteiger partial charge on any atom is 0.231 e. The molecule has 1 heterocycles. The molecule has 3 nitrogen and oxygen atoms in total. The summed E-state index contributed by atoms with van der Waals surface area (Å²) in [6.45, 7) is 1.94. The van der Waals surface area contributed by atoms with Crippen LogP contribution in [0.2, 0.25) is 0 Å². The third kappa shape index (κ3) is 2.08. The molecule has 0 radical (unpaired) electrons. The molecule has 60 valence electrons. The van der Waals surface area contributed by atoms with E-state index in [0.29, 0.717) is 5.88 Å². The van der Waals surface area contributed by atoms with Crippen molar-refractivity contribution < 1.29 is 4.74 Å². The van der Waals surface area contributed by atoms with Crippen molar-refractivity contribution in [3.8, 4) is 5.88 Å². The van der Waals surface area contributed by atoms with Gasteiger partial charge in [-0.2, -0.15) is 12.6 Å². The van der Waals surface area contributed by atoms with Gasteiger partial charge in [-0.05, 0) is 6.92 Å². The normalized spacial score (nSPS) is 12.6. The second kappa shape index (κ2) is 3.57. The van der Waals surface area contributed by atoms with Crippen molar-refractivity contribution in [2.45, 2.75) is 12.2 Å². The lowest BCUT2D eigenvalue weighted by molar-refractivity contribution is 0.395. The molecule has 0 aromatic carbocycles. The third-order valence-electron chi connectivity index (χ3n) is 1.29. The fourth-order valence-electron chi connectivity index (χ4n) is 0.647. The minimum absolute atomic E-state index is 0.119. The van der Waals surface area contributed by atoms with E-state index in [9.17, 15) is 0 Å². The zero-order chi connectivity index (χ0) is 8.27. The Morgan fingerprint density at radius 2 is 2.18 bits per heavy atom. The first-order valence-electron chi connectivity index (χ1n) is 3.28. The summed E-state index contributed by atoms with van der Waals surface area (Å²) >= 11 is 4.21. The van der Waals surface area contributed by atoms with Crippen LogP contribution < -0.4 is 4.74 Å². The summed E-state index contributed by atoms with van der Waals surface area (Å²) in [5.41, 5.74) is 0.856. The minimum atomic E-state index is 0.119. The number of hydrogen-bond acceptors (Lipinski definition) is 4. The number of methoxy groups -OCH3 is 1. The van der Waals surface area contributed by atoms with Crippen molar-refractivity contribution in [3.63, 3.8) is 0 Å². The Hall–Kier alpha value is -0.770. The second-order valence-corrected chi connectivity index (χ2v) is 2.93. The van der Waals surface area contributed by atoms with Gasteiger partial charge in [0.2, 0.25) is 5.88 Å². The van der Waals surface area contributed by atoms with Gasteiger partial charge in [0, 0.05) is 5.25 Å². The molecule has 0 aliphatic heterocycles. The van der Waals surface area contributed by atoms with E-state index < -0.39 is 0 Å². The summed E-state index contributed by atoms with van der Waals surface area (Å²) in [5, 5.41) is 0.119. The van der Waals surface area contributed by atoms with E-state index >= 15 is 0 Å². The molecule has 0 saturated carbocycles. The van der Waals surface area contributed by atoms with Crippen LogP contribution in [-0.2, 0) is 0 Å². The molecule has 0 spiro atoms. The lowest BCUT2D eigenvalue weighted by Crippen LogP contribution is -1.94. The van der Waals surface area contributed by atoms with Crippen LogP contribution in [0.15, 0.2) is 12.4 Å². The summed E-state index contributed by atoms with van der Waals surface area (Å²) in [6.07, 6.45) is 3.25. The molecule has 4 heteroatoms. The average molecular weight is 170 g/mol. The van der Waals surface area contributed by atoms with Crippen LogP contribution in [0, 0.1) is 0 Å². The molecule has 0 N–H and O–H groups in total. The highest BCUT2D eigenvalue weighted by Gasteiger charge is 2.01. The predicted molar refractivity (Wildman–Crippen MR) is 46.0 cm³/mol. The van der Waals surface area contributed by atoms with E-state index in [-0.39, 0.29) is 5.25 Å². The quantitative estimate of drug-likeness (QED) is 0.683.